The Hall–Kier alpha value is -1.19. The largest absolute Gasteiger partial charge is 0.463 e. The van der Waals surface area contributed by atoms with Gasteiger partial charge in [-0.3, -0.25) is 10.1 Å². The van der Waals surface area contributed by atoms with Gasteiger partial charge in [0.25, 0.3) is 0 Å². The number of hydrogen-bond donors (Lipinski definition) is 7. The lowest BCUT2D eigenvalue weighted by molar-refractivity contribution is -0.355. The first-order valence-electron chi connectivity index (χ1n) is 18.6. The molecule has 4 saturated carbocycles. The van der Waals surface area contributed by atoms with Gasteiger partial charge in [0.15, 0.2) is 6.29 Å². The van der Waals surface area contributed by atoms with E-state index in [0.717, 1.165) is 38.5 Å². The zero-order valence-electron chi connectivity index (χ0n) is 31.4. The molecule has 0 amide bonds. The van der Waals surface area contributed by atoms with Gasteiger partial charge in [0.05, 0.1) is 17.8 Å². The Bertz CT molecular complexity index is 1270. The van der Waals surface area contributed by atoms with Gasteiger partial charge < -0.3 is 44.8 Å². The van der Waals surface area contributed by atoms with E-state index in [-0.39, 0.29) is 41.1 Å². The van der Waals surface area contributed by atoms with Gasteiger partial charge in [0.2, 0.25) is 0 Å². The summed E-state index contributed by atoms with van der Waals surface area (Å²) in [5.41, 5.74) is -3.46. The molecule has 1 aliphatic heterocycles. The second-order valence-corrected chi connectivity index (χ2v) is 18.5. The maximum absolute atomic E-state index is 12.2. The number of fused-ring (bicyclic) bond motifs is 5. The summed E-state index contributed by atoms with van der Waals surface area (Å²) in [6, 6.07) is 0. The summed E-state index contributed by atoms with van der Waals surface area (Å²) >= 11 is 0. The van der Waals surface area contributed by atoms with Crippen molar-refractivity contribution < 1.29 is 59.8 Å². The van der Waals surface area contributed by atoms with Crippen LogP contribution >= 0.6 is 0 Å². The van der Waals surface area contributed by atoms with Gasteiger partial charge in [-0.2, -0.15) is 0 Å². The third-order valence-electron chi connectivity index (χ3n) is 15.0. The van der Waals surface area contributed by atoms with Gasteiger partial charge in [-0.15, -0.1) is 0 Å². The van der Waals surface area contributed by atoms with E-state index < -0.39 is 77.0 Å². The number of carbonyl (C=O) groups excluding carboxylic acids is 1. The Labute approximate surface area is 297 Å². The van der Waals surface area contributed by atoms with Crippen LogP contribution in [0.4, 0.5) is 0 Å². The maximum Gasteiger partial charge on any atom is 0.302 e. The van der Waals surface area contributed by atoms with Crippen LogP contribution < -0.4 is 0 Å². The van der Waals surface area contributed by atoms with E-state index in [2.05, 4.69) is 25.7 Å². The molecule has 0 spiro atoms. The highest BCUT2D eigenvalue weighted by Gasteiger charge is 2.73. The van der Waals surface area contributed by atoms with Crippen molar-refractivity contribution in [1.29, 1.82) is 0 Å². The summed E-state index contributed by atoms with van der Waals surface area (Å²) in [6.45, 7) is 17.2. The molecular formula is C38H64O12. The number of ether oxygens (including phenoxy) is 3. The van der Waals surface area contributed by atoms with Crippen molar-refractivity contribution in [3.63, 3.8) is 0 Å². The molecule has 12 nitrogen and oxygen atoms in total. The summed E-state index contributed by atoms with van der Waals surface area (Å²) in [6.07, 6.45) is -1.56. The molecule has 5 rings (SSSR count). The molecule has 4 aliphatic carbocycles. The van der Waals surface area contributed by atoms with E-state index in [0.29, 0.717) is 6.42 Å². The fraction of sp³-hybridized carbons (Fsp3) is 0.921. The van der Waals surface area contributed by atoms with Crippen molar-refractivity contribution in [2.45, 2.75) is 167 Å². The molecule has 0 aromatic carbocycles. The molecule has 0 aromatic heterocycles. The molecule has 12 heteroatoms. The first-order chi connectivity index (χ1) is 23.0. The van der Waals surface area contributed by atoms with E-state index in [1.54, 1.807) is 19.9 Å². The molecule has 0 aromatic rings. The zero-order chi connectivity index (χ0) is 37.4. The number of esters is 1. The summed E-state index contributed by atoms with van der Waals surface area (Å²) in [4.78, 5) is 16.0. The van der Waals surface area contributed by atoms with Gasteiger partial charge >= 0.3 is 5.97 Å². The Kier molecular flexibility index (Phi) is 10.9. The second kappa shape index (κ2) is 13.6. The molecule has 1 saturated heterocycles. The first-order valence-corrected chi connectivity index (χ1v) is 18.6. The van der Waals surface area contributed by atoms with Crippen molar-refractivity contribution in [1.82, 2.24) is 0 Å². The van der Waals surface area contributed by atoms with Crippen LogP contribution in [-0.2, 0) is 23.9 Å². The topological polar surface area (TPSA) is 196 Å². The van der Waals surface area contributed by atoms with Crippen molar-refractivity contribution >= 4 is 5.97 Å². The normalized spacial score (nSPS) is 48.7. The standard InChI is InChI=1S/C38H64O12/c1-20(39)47-19-23-26(40)27(41)28(42)32(48-23)49-31-29(43)30(44)38(9)24(34(31,4)5)14-18-36(7)25(38)12-11-21-22(13-17-35(21,36)6)37(8,45)16-10-15-33(2,3)50-46/h10,15,21-32,40-46H,11-14,16-19H2,1-9H3. The maximum atomic E-state index is 12.2. The van der Waals surface area contributed by atoms with E-state index in [1.165, 1.54) is 6.92 Å². The van der Waals surface area contributed by atoms with Gasteiger partial charge in [0.1, 0.15) is 42.7 Å². The quantitative estimate of drug-likeness (QED) is 0.0607. The molecular weight excluding hydrogens is 648 g/mol. The minimum Gasteiger partial charge on any atom is -0.463 e. The molecule has 16 atom stereocenters. The third kappa shape index (κ3) is 6.31. The Morgan fingerprint density at radius 3 is 2.12 bits per heavy atom. The highest BCUT2D eigenvalue weighted by atomic mass is 17.1. The van der Waals surface area contributed by atoms with Gasteiger partial charge in [0, 0.05) is 12.3 Å². The van der Waals surface area contributed by atoms with Crippen LogP contribution in [0, 0.1) is 45.3 Å². The molecule has 5 fully saturated rings. The predicted molar refractivity (Wildman–Crippen MR) is 182 cm³/mol. The lowest BCUT2D eigenvalue weighted by Crippen LogP contribution is -2.73. The highest BCUT2D eigenvalue weighted by molar-refractivity contribution is 5.65. The van der Waals surface area contributed by atoms with Gasteiger partial charge in [-0.1, -0.05) is 46.8 Å². The second-order valence-electron chi connectivity index (χ2n) is 18.5. The van der Waals surface area contributed by atoms with Crippen LogP contribution in [0.2, 0.25) is 0 Å². The van der Waals surface area contributed by atoms with Crippen LogP contribution in [0.25, 0.3) is 0 Å². The Balaban J connectivity index is 1.38. The fourth-order valence-corrected chi connectivity index (χ4v) is 12.1. The molecule has 50 heavy (non-hydrogen) atoms. The summed E-state index contributed by atoms with van der Waals surface area (Å²) in [7, 11) is 0. The molecule has 7 N–H and O–H groups in total. The number of rotatable bonds is 9. The Morgan fingerprint density at radius 2 is 1.50 bits per heavy atom. The summed E-state index contributed by atoms with van der Waals surface area (Å²) in [5.74, 6) is -0.243. The van der Waals surface area contributed by atoms with E-state index >= 15 is 0 Å². The molecule has 1 heterocycles. The predicted octanol–water partition coefficient (Wildman–Crippen LogP) is 3.33. The van der Waals surface area contributed by atoms with Crippen LogP contribution in [0.3, 0.4) is 0 Å². The highest BCUT2D eigenvalue weighted by Crippen LogP contribution is 2.76. The smallest absolute Gasteiger partial charge is 0.302 e. The Morgan fingerprint density at radius 1 is 0.860 bits per heavy atom. The van der Waals surface area contributed by atoms with Crippen molar-refractivity contribution in [3.05, 3.63) is 12.2 Å². The lowest BCUT2D eigenvalue weighted by atomic mass is 9.34. The van der Waals surface area contributed by atoms with E-state index in [4.69, 9.17) is 14.2 Å². The minimum absolute atomic E-state index is 0.0765. The van der Waals surface area contributed by atoms with Gasteiger partial charge in [-0.05, 0) is 106 Å². The van der Waals surface area contributed by atoms with Crippen molar-refractivity contribution in [2.24, 2.45) is 45.3 Å². The average molecular weight is 713 g/mol. The summed E-state index contributed by atoms with van der Waals surface area (Å²) in [5, 5.41) is 77.2. The molecule has 288 valence electrons. The SMILES string of the molecule is CC(=O)OCC1OC(OC2C(O)C(O)C3(C)C(CCC4(C)C3CCC3C(C(C)(O)CC=CC(C)(C)OO)CCC34C)C2(C)C)C(O)C(O)C1O. The zero-order valence-corrected chi connectivity index (χ0v) is 31.4. The molecule has 0 radical (unpaired) electrons. The lowest BCUT2D eigenvalue weighted by Gasteiger charge is -2.71. The number of aliphatic hydroxyl groups excluding tert-OH is 5. The third-order valence-corrected chi connectivity index (χ3v) is 15.0. The summed E-state index contributed by atoms with van der Waals surface area (Å²) < 4.78 is 17.1. The molecule has 16 unspecified atom stereocenters. The molecule has 0 bridgehead atoms. The van der Waals surface area contributed by atoms with Crippen LogP contribution in [0.1, 0.15) is 107 Å². The van der Waals surface area contributed by atoms with Crippen molar-refractivity contribution in [2.75, 3.05) is 6.61 Å². The minimum atomic E-state index is -1.65. The molecule has 5 aliphatic rings. The van der Waals surface area contributed by atoms with Crippen LogP contribution in [0.5, 0.6) is 0 Å². The van der Waals surface area contributed by atoms with E-state index in [1.807, 2.05) is 26.8 Å². The van der Waals surface area contributed by atoms with Crippen LogP contribution in [0.15, 0.2) is 12.2 Å². The van der Waals surface area contributed by atoms with Crippen LogP contribution in [-0.4, -0.2) is 109 Å². The van der Waals surface area contributed by atoms with Crippen molar-refractivity contribution in [3.8, 4) is 0 Å². The number of carbonyl (C=O) groups is 1. The number of hydrogen-bond acceptors (Lipinski definition) is 12. The van der Waals surface area contributed by atoms with Gasteiger partial charge in [-0.25, -0.2) is 4.89 Å². The number of aliphatic hydroxyl groups is 6. The monoisotopic (exact) mass is 712 g/mol. The first kappa shape index (κ1) is 40.0. The average Bonchev–Trinajstić information content (AvgIpc) is 3.40. The fourth-order valence-electron chi connectivity index (χ4n) is 12.1. The van der Waals surface area contributed by atoms with E-state index in [9.17, 15) is 40.7 Å².